The van der Waals surface area contributed by atoms with Gasteiger partial charge in [-0.05, 0) is 26.7 Å². The maximum Gasteiger partial charge on any atom is 0.469 e. The van der Waals surface area contributed by atoms with Crippen LogP contribution in [0.25, 0.3) is 0 Å². The number of hydrogen-bond acceptors (Lipinski definition) is 4. The van der Waals surface area contributed by atoms with Gasteiger partial charge in [0.15, 0.2) is 0 Å². The first-order valence-electron chi connectivity index (χ1n) is 5.35. The van der Waals surface area contributed by atoms with E-state index in [0.29, 0.717) is 11.1 Å². The number of aliphatic hydroxyl groups is 2. The quantitative estimate of drug-likeness (QED) is 0.392. The van der Waals surface area contributed by atoms with Gasteiger partial charge in [-0.25, -0.2) is 4.57 Å². The molecule has 0 saturated carbocycles. The van der Waals surface area contributed by atoms with Gasteiger partial charge in [0.25, 0.3) is 0 Å². The number of hydrogen-bond donors (Lipinski definition) is 4. The lowest BCUT2D eigenvalue weighted by molar-refractivity contribution is -0.0920. The second-order valence-electron chi connectivity index (χ2n) is 4.67. The Balaban J connectivity index is 4.78. The standard InChI is InChI=1S/C11H21O6P/c1-8(2)5-11(13,6-9(3)4)10(12)7-17-18(14,15)16/h10,12-13H,1,3,5-7H2,2,4H3,(H2,14,15,16). The van der Waals surface area contributed by atoms with Gasteiger partial charge in [0, 0.05) is 0 Å². The van der Waals surface area contributed by atoms with E-state index in [2.05, 4.69) is 17.7 Å². The predicted molar refractivity (Wildman–Crippen MR) is 67.8 cm³/mol. The van der Waals surface area contributed by atoms with Gasteiger partial charge in [-0.15, -0.1) is 13.2 Å². The largest absolute Gasteiger partial charge is 0.469 e. The Kier molecular flexibility index (Phi) is 6.43. The molecule has 0 aromatic heterocycles. The topological polar surface area (TPSA) is 107 Å². The smallest absolute Gasteiger partial charge is 0.388 e. The first-order chi connectivity index (χ1) is 7.96. The summed E-state index contributed by atoms with van der Waals surface area (Å²) in [5.41, 5.74) is -0.324. The van der Waals surface area contributed by atoms with E-state index in [9.17, 15) is 14.8 Å². The summed E-state index contributed by atoms with van der Waals surface area (Å²) in [5, 5.41) is 20.1. The van der Waals surface area contributed by atoms with Crippen molar-refractivity contribution in [1.29, 1.82) is 0 Å². The van der Waals surface area contributed by atoms with Gasteiger partial charge in [-0.2, -0.15) is 0 Å². The maximum absolute atomic E-state index is 10.6. The predicted octanol–water partition coefficient (Wildman–Crippen LogP) is 1.12. The highest BCUT2D eigenvalue weighted by Gasteiger charge is 2.37. The van der Waals surface area contributed by atoms with Crippen LogP contribution in [0.15, 0.2) is 24.3 Å². The molecular formula is C11H21O6P. The van der Waals surface area contributed by atoms with Gasteiger partial charge in [0.2, 0.25) is 0 Å². The first kappa shape index (κ1) is 17.5. The Morgan fingerprint density at radius 1 is 1.28 bits per heavy atom. The normalized spacial score (nSPS) is 14.3. The molecule has 0 fully saturated rings. The molecule has 0 spiro atoms. The number of aliphatic hydroxyl groups excluding tert-OH is 1. The number of phosphoric ester groups is 1. The fourth-order valence-electron chi connectivity index (χ4n) is 1.67. The molecule has 0 heterocycles. The summed E-state index contributed by atoms with van der Waals surface area (Å²) in [4.78, 5) is 17.1. The van der Waals surface area contributed by atoms with Crippen LogP contribution in [0.1, 0.15) is 26.7 Å². The molecule has 0 aromatic rings. The highest BCUT2D eigenvalue weighted by molar-refractivity contribution is 7.46. The molecule has 1 atom stereocenters. The van der Waals surface area contributed by atoms with Crippen molar-refractivity contribution in [2.75, 3.05) is 6.61 Å². The second kappa shape index (κ2) is 6.61. The SMILES string of the molecule is C=C(C)CC(O)(CC(=C)C)C(O)COP(=O)(O)O. The van der Waals surface area contributed by atoms with Gasteiger partial charge in [-0.1, -0.05) is 11.1 Å². The van der Waals surface area contributed by atoms with E-state index >= 15 is 0 Å². The Hall–Kier alpha value is -0.490. The van der Waals surface area contributed by atoms with E-state index in [1.54, 1.807) is 13.8 Å². The summed E-state index contributed by atoms with van der Waals surface area (Å²) in [6.45, 7) is 9.98. The molecule has 0 aliphatic carbocycles. The minimum absolute atomic E-state index is 0.0888. The van der Waals surface area contributed by atoms with Crippen LogP contribution in [0.5, 0.6) is 0 Å². The lowest BCUT2D eigenvalue weighted by atomic mass is 9.84. The van der Waals surface area contributed by atoms with E-state index < -0.39 is 26.1 Å². The third kappa shape index (κ3) is 7.06. The minimum atomic E-state index is -4.67. The van der Waals surface area contributed by atoms with Crippen molar-refractivity contribution in [1.82, 2.24) is 0 Å². The van der Waals surface area contributed by atoms with Crippen molar-refractivity contribution in [3.05, 3.63) is 24.3 Å². The van der Waals surface area contributed by atoms with E-state index in [-0.39, 0.29) is 12.8 Å². The highest BCUT2D eigenvalue weighted by atomic mass is 31.2. The molecule has 106 valence electrons. The third-order valence-electron chi connectivity index (χ3n) is 2.24. The molecule has 0 saturated heterocycles. The van der Waals surface area contributed by atoms with Crippen molar-refractivity contribution in [2.45, 2.75) is 38.4 Å². The lowest BCUT2D eigenvalue weighted by Gasteiger charge is -2.33. The fraction of sp³-hybridized carbons (Fsp3) is 0.636. The van der Waals surface area contributed by atoms with Crippen molar-refractivity contribution in [3.8, 4) is 0 Å². The summed E-state index contributed by atoms with van der Waals surface area (Å²) >= 11 is 0. The van der Waals surface area contributed by atoms with Gasteiger partial charge >= 0.3 is 7.82 Å². The Labute approximate surface area is 107 Å². The van der Waals surface area contributed by atoms with Crippen LogP contribution >= 0.6 is 7.82 Å². The van der Waals surface area contributed by atoms with Crippen molar-refractivity contribution < 1.29 is 29.1 Å². The average Bonchev–Trinajstić information content (AvgIpc) is 2.09. The van der Waals surface area contributed by atoms with Crippen LogP contribution < -0.4 is 0 Å². The summed E-state index contributed by atoms with van der Waals surface area (Å²) < 4.78 is 14.7. The summed E-state index contributed by atoms with van der Waals surface area (Å²) in [7, 11) is -4.67. The molecule has 0 aliphatic rings. The molecule has 7 heteroatoms. The highest BCUT2D eigenvalue weighted by Crippen LogP contribution is 2.37. The average molecular weight is 280 g/mol. The van der Waals surface area contributed by atoms with Crippen molar-refractivity contribution in [2.24, 2.45) is 0 Å². The molecule has 6 nitrogen and oxygen atoms in total. The number of rotatable bonds is 8. The van der Waals surface area contributed by atoms with E-state index in [1.165, 1.54) is 0 Å². The molecule has 0 aliphatic heterocycles. The summed E-state index contributed by atoms with van der Waals surface area (Å²) in [5.74, 6) is 0. The van der Waals surface area contributed by atoms with Crippen LogP contribution in [-0.2, 0) is 9.09 Å². The molecule has 0 bridgehead atoms. The zero-order valence-corrected chi connectivity index (χ0v) is 11.6. The zero-order valence-electron chi connectivity index (χ0n) is 10.7. The first-order valence-corrected chi connectivity index (χ1v) is 6.88. The van der Waals surface area contributed by atoms with Crippen LogP contribution in [0, 0.1) is 0 Å². The van der Waals surface area contributed by atoms with Gasteiger partial charge < -0.3 is 20.0 Å². The molecule has 0 rings (SSSR count). The van der Waals surface area contributed by atoms with Crippen molar-refractivity contribution >= 4 is 7.82 Å². The van der Waals surface area contributed by atoms with Crippen LogP contribution in [0.3, 0.4) is 0 Å². The molecule has 1 unspecified atom stereocenters. The van der Waals surface area contributed by atoms with Crippen LogP contribution in [-0.4, -0.2) is 38.3 Å². The van der Waals surface area contributed by atoms with E-state index in [0.717, 1.165) is 0 Å². The summed E-state index contributed by atoms with van der Waals surface area (Å²) in [6.07, 6.45) is -1.27. The van der Waals surface area contributed by atoms with Crippen molar-refractivity contribution in [3.63, 3.8) is 0 Å². The maximum atomic E-state index is 10.6. The lowest BCUT2D eigenvalue weighted by Crippen LogP contribution is -2.45. The fourth-order valence-corrected chi connectivity index (χ4v) is 2.00. The Morgan fingerprint density at radius 2 is 1.67 bits per heavy atom. The van der Waals surface area contributed by atoms with E-state index in [1.807, 2.05) is 0 Å². The molecule has 18 heavy (non-hydrogen) atoms. The van der Waals surface area contributed by atoms with Gasteiger partial charge in [0.05, 0.1) is 6.61 Å². The molecule has 0 aromatic carbocycles. The van der Waals surface area contributed by atoms with Gasteiger partial charge in [-0.3, -0.25) is 4.52 Å². The van der Waals surface area contributed by atoms with Crippen LogP contribution in [0.4, 0.5) is 0 Å². The molecular weight excluding hydrogens is 259 g/mol. The zero-order chi connectivity index (χ0) is 14.6. The monoisotopic (exact) mass is 280 g/mol. The molecule has 4 N–H and O–H groups in total. The molecule has 0 amide bonds. The molecule has 0 radical (unpaired) electrons. The number of phosphoric acid groups is 1. The second-order valence-corrected chi connectivity index (χ2v) is 5.91. The third-order valence-corrected chi connectivity index (χ3v) is 2.72. The van der Waals surface area contributed by atoms with Gasteiger partial charge in [0.1, 0.15) is 11.7 Å². The minimum Gasteiger partial charge on any atom is -0.388 e. The van der Waals surface area contributed by atoms with Crippen LogP contribution in [0.2, 0.25) is 0 Å². The summed E-state index contributed by atoms with van der Waals surface area (Å²) in [6, 6.07) is 0. The Bertz CT molecular complexity index is 343. The Morgan fingerprint density at radius 3 is 1.94 bits per heavy atom. The van der Waals surface area contributed by atoms with E-state index in [4.69, 9.17) is 9.79 Å².